The number of rotatable bonds is 16. The number of anilines is 2. The van der Waals surface area contributed by atoms with E-state index in [0.29, 0.717) is 13.0 Å². The van der Waals surface area contributed by atoms with Crippen molar-refractivity contribution in [1.29, 1.82) is 0 Å². The first kappa shape index (κ1) is 39.1. The number of carbonyl (C=O) groups excluding carboxylic acids is 4. The maximum absolute atomic E-state index is 13.5. The summed E-state index contributed by atoms with van der Waals surface area (Å²) in [5.74, 6) is -2.24. The fourth-order valence-corrected chi connectivity index (χ4v) is 7.80. The summed E-state index contributed by atoms with van der Waals surface area (Å²) in [6.07, 6.45) is -0.653. The third-order valence-electron chi connectivity index (χ3n) is 7.71. The molecule has 49 heavy (non-hydrogen) atoms. The molecule has 0 unspecified atom stereocenters. The summed E-state index contributed by atoms with van der Waals surface area (Å²) in [7, 11) is -2.72. The van der Waals surface area contributed by atoms with Gasteiger partial charge in [0.25, 0.3) is 15.9 Å². The number of nitrogens with one attached hydrogen (secondary N) is 4. The van der Waals surface area contributed by atoms with Gasteiger partial charge in [0.15, 0.2) is 9.34 Å². The van der Waals surface area contributed by atoms with Crippen LogP contribution in [0.25, 0.3) is 0 Å². The molecule has 0 aliphatic carbocycles. The molecule has 0 saturated heterocycles. The number of aliphatic hydroxyl groups excluding tert-OH is 1. The highest BCUT2D eigenvalue weighted by molar-refractivity contribution is 7.94. The molecular formula is C34H46N6O7S2. The quantitative estimate of drug-likeness (QED) is 0.149. The number of amides is 4. The van der Waals surface area contributed by atoms with Gasteiger partial charge in [0, 0.05) is 32.0 Å². The lowest BCUT2D eigenvalue weighted by atomic mass is 9.92. The molecule has 1 heterocycles. The van der Waals surface area contributed by atoms with Crippen LogP contribution in [0.4, 0.5) is 10.8 Å². The predicted molar refractivity (Wildman–Crippen MR) is 190 cm³/mol. The summed E-state index contributed by atoms with van der Waals surface area (Å²) in [6.45, 7) is 10.3. The van der Waals surface area contributed by atoms with E-state index in [2.05, 4.69) is 26.3 Å². The van der Waals surface area contributed by atoms with Crippen LogP contribution in [-0.4, -0.2) is 67.4 Å². The molecule has 5 N–H and O–H groups in total. The van der Waals surface area contributed by atoms with Crippen molar-refractivity contribution in [2.45, 2.75) is 83.3 Å². The van der Waals surface area contributed by atoms with E-state index in [1.165, 1.54) is 33.0 Å². The highest BCUT2D eigenvalue weighted by atomic mass is 32.2. The Balaban J connectivity index is 1.66. The first-order chi connectivity index (χ1) is 23.0. The van der Waals surface area contributed by atoms with Crippen LogP contribution in [0.1, 0.15) is 69.1 Å². The van der Waals surface area contributed by atoms with E-state index in [9.17, 15) is 32.7 Å². The van der Waals surface area contributed by atoms with Gasteiger partial charge in [-0.2, -0.15) is 0 Å². The molecular weight excluding hydrogens is 669 g/mol. The number of hydrogen-bond donors (Lipinski definition) is 5. The fraction of sp³-hybridized carbons (Fsp3) is 0.441. The third-order valence-corrected chi connectivity index (χ3v) is 11.2. The number of carbonyl (C=O) groups is 4. The lowest BCUT2D eigenvalue weighted by molar-refractivity contribution is -0.131. The van der Waals surface area contributed by atoms with E-state index >= 15 is 0 Å². The van der Waals surface area contributed by atoms with E-state index in [0.717, 1.165) is 21.2 Å². The van der Waals surface area contributed by atoms with Gasteiger partial charge in [-0.3, -0.25) is 23.5 Å². The average molecular weight is 715 g/mol. The van der Waals surface area contributed by atoms with Crippen molar-refractivity contribution in [1.82, 2.24) is 20.9 Å². The highest BCUT2D eigenvalue weighted by Crippen LogP contribution is 2.32. The molecule has 2 aromatic carbocycles. The number of aromatic nitrogens is 1. The molecule has 266 valence electrons. The normalized spacial score (nSPS) is 13.9. The Bertz CT molecular complexity index is 1730. The molecule has 15 heteroatoms. The van der Waals surface area contributed by atoms with Gasteiger partial charge in [-0.05, 0) is 56.4 Å². The summed E-state index contributed by atoms with van der Waals surface area (Å²) in [6, 6.07) is 13.9. The molecule has 4 amide bonds. The Morgan fingerprint density at radius 1 is 0.939 bits per heavy atom. The molecule has 1 aromatic heterocycles. The molecule has 3 rings (SSSR count). The molecule has 0 saturated carbocycles. The van der Waals surface area contributed by atoms with Gasteiger partial charge >= 0.3 is 0 Å². The number of aryl methyl sites for hydroxylation is 1. The number of sulfonamides is 1. The Hall–Kier alpha value is -4.34. The number of benzene rings is 2. The van der Waals surface area contributed by atoms with Crippen LogP contribution in [0.2, 0.25) is 0 Å². The second-order valence-corrected chi connectivity index (χ2v) is 15.6. The van der Waals surface area contributed by atoms with Crippen LogP contribution >= 0.6 is 11.3 Å². The number of thiazole rings is 1. The summed E-state index contributed by atoms with van der Waals surface area (Å²) >= 11 is 0.830. The zero-order valence-corrected chi connectivity index (χ0v) is 30.4. The Morgan fingerprint density at radius 3 is 2.24 bits per heavy atom. The van der Waals surface area contributed by atoms with Crippen molar-refractivity contribution in [3.05, 3.63) is 71.4 Å². The van der Waals surface area contributed by atoms with Crippen LogP contribution in [-0.2, 0) is 31.0 Å². The van der Waals surface area contributed by atoms with Crippen LogP contribution in [0.5, 0.6) is 0 Å². The van der Waals surface area contributed by atoms with Crippen LogP contribution in [0.3, 0.4) is 0 Å². The average Bonchev–Trinajstić information content (AvgIpc) is 3.42. The van der Waals surface area contributed by atoms with Gasteiger partial charge in [0.1, 0.15) is 6.04 Å². The maximum Gasteiger partial charge on any atom is 0.275 e. The SMILES string of the molecule is CC(=O)Nc1nc(C)c(S(=O)(=O)N(C)c2cccc(C(=O)N[C@@H](CC(C)C)[C@@H](O)C[C@@H](C)C(=O)N[C@H](C)C(=O)NCc3ccccc3)c2)s1. The fourth-order valence-electron chi connectivity index (χ4n) is 5.00. The summed E-state index contributed by atoms with van der Waals surface area (Å²) in [4.78, 5) is 54.5. The second kappa shape index (κ2) is 17.4. The van der Waals surface area contributed by atoms with Crippen LogP contribution < -0.4 is 25.6 Å². The Morgan fingerprint density at radius 2 is 1.61 bits per heavy atom. The van der Waals surface area contributed by atoms with Crippen molar-refractivity contribution in [3.63, 3.8) is 0 Å². The number of aliphatic hydroxyl groups is 1. The maximum atomic E-state index is 13.5. The van der Waals surface area contributed by atoms with Crippen molar-refractivity contribution >= 4 is 55.8 Å². The molecule has 0 radical (unpaired) electrons. The van der Waals surface area contributed by atoms with Crippen LogP contribution in [0, 0.1) is 18.8 Å². The van der Waals surface area contributed by atoms with Gasteiger partial charge in [-0.25, -0.2) is 13.4 Å². The first-order valence-electron chi connectivity index (χ1n) is 15.9. The van der Waals surface area contributed by atoms with Gasteiger partial charge in [0.05, 0.1) is 23.5 Å². The van der Waals surface area contributed by atoms with Crippen molar-refractivity contribution in [2.24, 2.45) is 11.8 Å². The molecule has 0 spiro atoms. The Kier molecular flexibility index (Phi) is 13.9. The number of nitrogens with zero attached hydrogens (tertiary/aromatic N) is 2. The Labute approximate surface area is 291 Å². The van der Waals surface area contributed by atoms with Crippen molar-refractivity contribution < 1.29 is 32.7 Å². The summed E-state index contributed by atoms with van der Waals surface area (Å²) < 4.78 is 27.9. The minimum Gasteiger partial charge on any atom is -0.391 e. The van der Waals surface area contributed by atoms with Crippen molar-refractivity contribution in [2.75, 3.05) is 16.7 Å². The molecule has 0 aliphatic rings. The minimum atomic E-state index is -4.08. The monoisotopic (exact) mass is 714 g/mol. The minimum absolute atomic E-state index is 0.0253. The summed E-state index contributed by atoms with van der Waals surface area (Å²) in [5.41, 5.74) is 1.54. The van der Waals surface area contributed by atoms with Gasteiger partial charge in [0.2, 0.25) is 17.7 Å². The number of hydrogen-bond acceptors (Lipinski definition) is 9. The molecule has 0 bridgehead atoms. The zero-order valence-electron chi connectivity index (χ0n) is 28.8. The second-order valence-electron chi connectivity index (χ2n) is 12.4. The van der Waals surface area contributed by atoms with Gasteiger partial charge in [-0.15, -0.1) is 0 Å². The predicted octanol–water partition coefficient (Wildman–Crippen LogP) is 3.59. The highest BCUT2D eigenvalue weighted by Gasteiger charge is 2.30. The lowest BCUT2D eigenvalue weighted by Gasteiger charge is -2.28. The smallest absolute Gasteiger partial charge is 0.275 e. The molecule has 4 atom stereocenters. The van der Waals surface area contributed by atoms with E-state index in [-0.39, 0.29) is 50.4 Å². The largest absolute Gasteiger partial charge is 0.391 e. The van der Waals surface area contributed by atoms with E-state index in [1.54, 1.807) is 26.0 Å². The van der Waals surface area contributed by atoms with Crippen LogP contribution in [0.15, 0.2) is 58.8 Å². The molecule has 13 nitrogen and oxygen atoms in total. The summed E-state index contributed by atoms with van der Waals surface area (Å²) in [5, 5.41) is 22.2. The molecule has 0 aliphatic heterocycles. The van der Waals surface area contributed by atoms with Gasteiger partial charge in [-0.1, -0.05) is 68.5 Å². The molecule has 0 fully saturated rings. The zero-order chi connectivity index (χ0) is 36.5. The molecule has 3 aromatic rings. The van der Waals surface area contributed by atoms with E-state index in [1.807, 2.05) is 44.2 Å². The van der Waals surface area contributed by atoms with Gasteiger partial charge < -0.3 is 26.4 Å². The van der Waals surface area contributed by atoms with Crippen molar-refractivity contribution in [3.8, 4) is 0 Å². The lowest BCUT2D eigenvalue weighted by Crippen LogP contribution is -2.48. The third kappa shape index (κ3) is 11.1. The van der Waals surface area contributed by atoms with E-state index in [4.69, 9.17) is 0 Å². The first-order valence-corrected chi connectivity index (χ1v) is 18.2. The standard InChI is InChI=1S/C34H46N6O7S2/c1-20(2)16-28(29(42)17-21(3)30(43)36-22(4)31(44)35-19-25-12-9-8-10-13-25)39-32(45)26-14-11-15-27(18-26)40(7)49(46,47)33-23(5)37-34(48-33)38-24(6)41/h8-15,18,20-22,28-29,42H,16-17,19H2,1-7H3,(H,35,44)(H,36,43)(H,39,45)(H,37,38,41)/t21-,22-,28+,29+/m1/s1. The topological polar surface area (TPSA) is 187 Å². The van der Waals surface area contributed by atoms with E-state index < -0.39 is 45.9 Å².